The Morgan fingerprint density at radius 2 is 2.06 bits per heavy atom. The predicted octanol–water partition coefficient (Wildman–Crippen LogP) is 1.11. The smallest absolute Gasteiger partial charge is 0.191 e. The molecule has 1 saturated heterocycles. The Morgan fingerprint density at radius 1 is 1.35 bits per heavy atom. The highest BCUT2D eigenvalue weighted by Crippen LogP contribution is 2.09. The molecular formula is C12H21N5. The van der Waals surface area contributed by atoms with Gasteiger partial charge in [-0.15, -0.1) is 0 Å². The Kier molecular flexibility index (Phi) is 4.01. The molecule has 1 aromatic rings. The lowest BCUT2D eigenvalue weighted by atomic mass is 10.2. The zero-order valence-corrected chi connectivity index (χ0v) is 10.5. The van der Waals surface area contributed by atoms with E-state index in [1.54, 1.807) is 6.33 Å². The number of hydrogen-bond acceptors (Lipinski definition) is 2. The molecule has 94 valence electrons. The third-order valence-electron chi connectivity index (χ3n) is 3.25. The Labute approximate surface area is 102 Å². The summed E-state index contributed by atoms with van der Waals surface area (Å²) >= 11 is 0. The van der Waals surface area contributed by atoms with Crippen LogP contribution in [0.3, 0.4) is 0 Å². The molecule has 0 unspecified atom stereocenters. The highest BCUT2D eigenvalue weighted by Gasteiger charge is 2.10. The first kappa shape index (κ1) is 12.0. The van der Waals surface area contributed by atoms with Crippen LogP contribution >= 0.6 is 0 Å². The van der Waals surface area contributed by atoms with Gasteiger partial charge in [0.25, 0.3) is 0 Å². The fraction of sp³-hybridized carbons (Fsp3) is 0.667. The SMILES string of the molecule is Cn1cncc1CN=C(N)N1CCCCCC1. The summed E-state index contributed by atoms with van der Waals surface area (Å²) in [6.45, 7) is 2.69. The summed E-state index contributed by atoms with van der Waals surface area (Å²) in [6, 6.07) is 0. The van der Waals surface area contributed by atoms with Gasteiger partial charge in [0.1, 0.15) is 0 Å². The molecule has 5 nitrogen and oxygen atoms in total. The largest absolute Gasteiger partial charge is 0.370 e. The van der Waals surface area contributed by atoms with Gasteiger partial charge in [0.2, 0.25) is 0 Å². The summed E-state index contributed by atoms with van der Waals surface area (Å²) in [4.78, 5) is 10.7. The molecule has 0 aromatic carbocycles. The predicted molar refractivity (Wildman–Crippen MR) is 68.6 cm³/mol. The third kappa shape index (κ3) is 3.22. The Hall–Kier alpha value is -1.52. The van der Waals surface area contributed by atoms with Gasteiger partial charge >= 0.3 is 0 Å². The molecule has 0 spiro atoms. The number of hydrogen-bond donors (Lipinski definition) is 1. The molecule has 5 heteroatoms. The van der Waals surface area contributed by atoms with Crippen molar-refractivity contribution in [3.63, 3.8) is 0 Å². The molecule has 2 N–H and O–H groups in total. The van der Waals surface area contributed by atoms with Crippen molar-refractivity contribution in [1.82, 2.24) is 14.5 Å². The second kappa shape index (κ2) is 5.70. The van der Waals surface area contributed by atoms with Gasteiger partial charge in [-0.2, -0.15) is 0 Å². The Balaban J connectivity index is 1.94. The maximum atomic E-state index is 6.03. The van der Waals surface area contributed by atoms with E-state index in [1.807, 2.05) is 17.8 Å². The van der Waals surface area contributed by atoms with Crippen LogP contribution < -0.4 is 5.73 Å². The summed E-state index contributed by atoms with van der Waals surface area (Å²) in [6.07, 6.45) is 8.69. The molecule has 0 atom stereocenters. The fourth-order valence-corrected chi connectivity index (χ4v) is 2.10. The van der Waals surface area contributed by atoms with Crippen LogP contribution in [0.4, 0.5) is 0 Å². The topological polar surface area (TPSA) is 59.4 Å². The van der Waals surface area contributed by atoms with Gasteiger partial charge in [0.15, 0.2) is 5.96 Å². The summed E-state index contributed by atoms with van der Waals surface area (Å²) in [5, 5.41) is 0. The molecule has 1 aromatic heterocycles. The molecule has 2 heterocycles. The van der Waals surface area contributed by atoms with Gasteiger partial charge in [-0.1, -0.05) is 12.8 Å². The van der Waals surface area contributed by atoms with Crippen LogP contribution in [-0.4, -0.2) is 33.5 Å². The zero-order valence-electron chi connectivity index (χ0n) is 10.5. The normalized spacial score (nSPS) is 18.2. The number of aryl methyl sites for hydroxylation is 1. The molecule has 0 amide bonds. The van der Waals surface area contributed by atoms with E-state index in [-0.39, 0.29) is 0 Å². The number of guanidine groups is 1. The summed E-state index contributed by atoms with van der Waals surface area (Å²) < 4.78 is 1.97. The minimum absolute atomic E-state index is 0.610. The molecule has 0 radical (unpaired) electrons. The van der Waals surface area contributed by atoms with Crippen LogP contribution in [-0.2, 0) is 13.6 Å². The third-order valence-corrected chi connectivity index (χ3v) is 3.25. The van der Waals surface area contributed by atoms with E-state index in [0.29, 0.717) is 12.5 Å². The van der Waals surface area contributed by atoms with Gasteiger partial charge in [0.05, 0.1) is 24.8 Å². The van der Waals surface area contributed by atoms with E-state index in [9.17, 15) is 0 Å². The molecule has 1 fully saturated rings. The van der Waals surface area contributed by atoms with Crippen molar-refractivity contribution in [2.75, 3.05) is 13.1 Å². The average molecular weight is 235 g/mol. The maximum Gasteiger partial charge on any atom is 0.191 e. The summed E-state index contributed by atoms with van der Waals surface area (Å²) in [5.74, 6) is 0.674. The van der Waals surface area contributed by atoms with E-state index in [4.69, 9.17) is 5.73 Å². The Morgan fingerprint density at radius 3 is 2.65 bits per heavy atom. The van der Waals surface area contributed by atoms with E-state index in [2.05, 4.69) is 14.9 Å². The van der Waals surface area contributed by atoms with Crippen molar-refractivity contribution >= 4 is 5.96 Å². The zero-order chi connectivity index (χ0) is 12.1. The lowest BCUT2D eigenvalue weighted by Crippen LogP contribution is -2.38. The summed E-state index contributed by atoms with van der Waals surface area (Å²) in [7, 11) is 1.97. The standard InChI is InChI=1S/C12H21N5/c1-16-10-14-8-11(16)9-15-12(13)17-6-4-2-3-5-7-17/h8,10H,2-7,9H2,1H3,(H2,13,15). The van der Waals surface area contributed by atoms with Crippen LogP contribution in [0.5, 0.6) is 0 Å². The summed E-state index contributed by atoms with van der Waals surface area (Å²) in [5.41, 5.74) is 7.12. The van der Waals surface area contributed by atoms with Crippen LogP contribution in [0.2, 0.25) is 0 Å². The molecule has 1 aliphatic heterocycles. The van der Waals surface area contributed by atoms with E-state index >= 15 is 0 Å². The first-order valence-electron chi connectivity index (χ1n) is 6.27. The highest BCUT2D eigenvalue weighted by molar-refractivity contribution is 5.78. The lowest BCUT2D eigenvalue weighted by Gasteiger charge is -2.21. The van der Waals surface area contributed by atoms with Crippen molar-refractivity contribution < 1.29 is 0 Å². The van der Waals surface area contributed by atoms with Gasteiger partial charge in [-0.25, -0.2) is 9.98 Å². The van der Waals surface area contributed by atoms with Crippen molar-refractivity contribution in [3.05, 3.63) is 18.2 Å². The number of nitrogens with zero attached hydrogens (tertiary/aromatic N) is 4. The molecule has 0 bridgehead atoms. The number of aromatic nitrogens is 2. The van der Waals surface area contributed by atoms with Crippen molar-refractivity contribution in [2.45, 2.75) is 32.2 Å². The van der Waals surface area contributed by atoms with Crippen LogP contribution in [0.25, 0.3) is 0 Å². The first-order chi connectivity index (χ1) is 8.27. The highest BCUT2D eigenvalue weighted by atomic mass is 15.2. The van der Waals surface area contributed by atoms with Gasteiger partial charge in [0, 0.05) is 20.1 Å². The number of nitrogens with two attached hydrogens (primary N) is 1. The number of likely N-dealkylation sites (tertiary alicyclic amines) is 1. The lowest BCUT2D eigenvalue weighted by molar-refractivity contribution is 0.428. The Bertz CT molecular complexity index is 374. The van der Waals surface area contributed by atoms with Crippen LogP contribution in [0.15, 0.2) is 17.5 Å². The van der Waals surface area contributed by atoms with Crippen molar-refractivity contribution in [3.8, 4) is 0 Å². The second-order valence-corrected chi connectivity index (χ2v) is 4.57. The first-order valence-corrected chi connectivity index (χ1v) is 6.27. The molecule has 17 heavy (non-hydrogen) atoms. The molecule has 0 saturated carbocycles. The quantitative estimate of drug-likeness (QED) is 0.617. The average Bonchev–Trinajstić information content (AvgIpc) is 2.58. The maximum absolute atomic E-state index is 6.03. The van der Waals surface area contributed by atoms with E-state index in [0.717, 1.165) is 18.8 Å². The fourth-order valence-electron chi connectivity index (χ4n) is 2.10. The van der Waals surface area contributed by atoms with Crippen LogP contribution in [0.1, 0.15) is 31.4 Å². The van der Waals surface area contributed by atoms with Crippen molar-refractivity contribution in [2.24, 2.45) is 17.8 Å². The number of aliphatic imine (C=N–C) groups is 1. The number of rotatable bonds is 2. The monoisotopic (exact) mass is 235 g/mol. The minimum Gasteiger partial charge on any atom is -0.370 e. The van der Waals surface area contributed by atoms with Gasteiger partial charge in [-0.05, 0) is 12.8 Å². The van der Waals surface area contributed by atoms with Gasteiger partial charge in [-0.3, -0.25) is 0 Å². The van der Waals surface area contributed by atoms with E-state index in [1.165, 1.54) is 25.7 Å². The number of imidazole rings is 1. The van der Waals surface area contributed by atoms with Crippen LogP contribution in [0, 0.1) is 0 Å². The minimum atomic E-state index is 0.610. The molecule has 1 aliphatic rings. The molecule has 2 rings (SSSR count). The molecular weight excluding hydrogens is 214 g/mol. The molecule has 0 aliphatic carbocycles. The van der Waals surface area contributed by atoms with Gasteiger partial charge < -0.3 is 15.2 Å². The van der Waals surface area contributed by atoms with E-state index < -0.39 is 0 Å². The second-order valence-electron chi connectivity index (χ2n) is 4.57. The van der Waals surface area contributed by atoms with Crippen molar-refractivity contribution in [1.29, 1.82) is 0 Å².